The van der Waals surface area contributed by atoms with Crippen LogP contribution in [0.1, 0.15) is 6.92 Å². The lowest BCUT2D eigenvalue weighted by Gasteiger charge is -2.13. The molecule has 1 N–H and O–H groups in total. The highest BCUT2D eigenvalue weighted by Crippen LogP contribution is 2.35. The number of benzene rings is 3. The van der Waals surface area contributed by atoms with Crippen molar-refractivity contribution in [1.82, 2.24) is 5.32 Å². The number of ether oxygens (including phenoxy) is 4. The summed E-state index contributed by atoms with van der Waals surface area (Å²) >= 11 is 0. The van der Waals surface area contributed by atoms with Crippen LogP contribution in [0.5, 0.6) is 17.2 Å². The lowest BCUT2D eigenvalue weighted by Crippen LogP contribution is -2.30. The van der Waals surface area contributed by atoms with Crippen molar-refractivity contribution in [2.45, 2.75) is 6.92 Å². The van der Waals surface area contributed by atoms with Crippen LogP contribution in [0.3, 0.4) is 0 Å². The number of para-hydroxylation sites is 1. The molecular weight excluding hydrogens is 410 g/mol. The Labute approximate surface area is 186 Å². The van der Waals surface area contributed by atoms with Crippen LogP contribution in [-0.4, -0.2) is 38.4 Å². The molecule has 1 amide bonds. The van der Waals surface area contributed by atoms with Crippen molar-refractivity contribution in [2.24, 2.45) is 0 Å². The fourth-order valence-corrected chi connectivity index (χ4v) is 2.82. The van der Waals surface area contributed by atoms with E-state index in [-0.39, 0.29) is 26.4 Å². The highest BCUT2D eigenvalue weighted by atomic mass is 16.6. The Hall–Kier alpha value is -3.84. The van der Waals surface area contributed by atoms with E-state index >= 15 is 0 Å². The number of hydrogen-bond donors (Lipinski definition) is 1. The van der Waals surface area contributed by atoms with E-state index in [4.69, 9.17) is 18.9 Å². The summed E-state index contributed by atoms with van der Waals surface area (Å²) in [4.78, 5) is 23.4. The van der Waals surface area contributed by atoms with Gasteiger partial charge in [-0.2, -0.15) is 0 Å². The van der Waals surface area contributed by atoms with Crippen LogP contribution in [0.15, 0.2) is 78.9 Å². The summed E-state index contributed by atoms with van der Waals surface area (Å²) < 4.78 is 21.7. The van der Waals surface area contributed by atoms with Crippen molar-refractivity contribution >= 4 is 22.8 Å². The molecule has 0 unspecified atom stereocenters. The van der Waals surface area contributed by atoms with Gasteiger partial charge in [-0.1, -0.05) is 49.0 Å². The Balaban J connectivity index is 1.50. The maximum absolute atomic E-state index is 12.2. The Morgan fingerprint density at radius 3 is 2.22 bits per heavy atom. The van der Waals surface area contributed by atoms with Gasteiger partial charge in [0.25, 0.3) is 0 Å². The van der Waals surface area contributed by atoms with Crippen molar-refractivity contribution in [3.05, 3.63) is 78.9 Å². The lowest BCUT2D eigenvalue weighted by molar-refractivity contribution is -0.140. The van der Waals surface area contributed by atoms with Crippen LogP contribution in [0.25, 0.3) is 10.8 Å². The molecule has 3 rings (SSSR count). The molecule has 0 aromatic heterocycles. The zero-order chi connectivity index (χ0) is 22.8. The molecule has 0 saturated heterocycles. The van der Waals surface area contributed by atoms with E-state index in [9.17, 15) is 9.59 Å². The first-order chi connectivity index (χ1) is 15.5. The molecule has 3 aromatic rings. The largest absolute Gasteiger partial charge is 0.460 e. The molecule has 0 saturated carbocycles. The number of rotatable bonds is 10. The second-order valence-electron chi connectivity index (χ2n) is 6.87. The van der Waals surface area contributed by atoms with Crippen molar-refractivity contribution in [2.75, 3.05) is 26.4 Å². The minimum Gasteiger partial charge on any atom is -0.460 e. The van der Waals surface area contributed by atoms with Crippen LogP contribution in [0, 0.1) is 0 Å². The molecule has 7 nitrogen and oxygen atoms in total. The molecule has 0 aliphatic carbocycles. The fraction of sp³-hybridized carbons (Fsp3) is 0.200. The molecule has 0 heterocycles. The van der Waals surface area contributed by atoms with E-state index in [1.165, 1.54) is 0 Å². The molecule has 32 heavy (non-hydrogen) atoms. The molecule has 0 atom stereocenters. The van der Waals surface area contributed by atoms with E-state index in [1.54, 1.807) is 19.1 Å². The average Bonchev–Trinajstić information content (AvgIpc) is 2.80. The zero-order valence-electron chi connectivity index (χ0n) is 17.8. The summed E-state index contributed by atoms with van der Waals surface area (Å²) in [5.74, 6) is 1.35. The standard InChI is InChI=1S/C25H25NO6/c1-18(2)24(27)30-17-16-29-15-14-26-25(28)32-23-13-12-22(20-10-6-7-11-21(20)23)31-19-8-4-3-5-9-19/h3-13H,1,14-17H2,2H3,(H,26,28). The van der Waals surface area contributed by atoms with Gasteiger partial charge in [0.2, 0.25) is 0 Å². The molecule has 7 heteroatoms. The van der Waals surface area contributed by atoms with Gasteiger partial charge < -0.3 is 24.3 Å². The summed E-state index contributed by atoms with van der Waals surface area (Å²) in [5.41, 5.74) is 0.335. The van der Waals surface area contributed by atoms with E-state index < -0.39 is 12.1 Å². The second-order valence-corrected chi connectivity index (χ2v) is 6.87. The van der Waals surface area contributed by atoms with Gasteiger partial charge in [0, 0.05) is 22.9 Å². The minimum atomic E-state index is -0.593. The van der Waals surface area contributed by atoms with Crippen molar-refractivity contribution < 1.29 is 28.5 Å². The number of carbonyl (C=O) groups is 2. The molecule has 0 spiro atoms. The zero-order valence-corrected chi connectivity index (χ0v) is 17.8. The highest BCUT2D eigenvalue weighted by Gasteiger charge is 2.12. The molecule has 3 aromatic carbocycles. The molecule has 0 bridgehead atoms. The summed E-state index contributed by atoms with van der Waals surface area (Å²) in [6.45, 7) is 5.93. The Morgan fingerprint density at radius 2 is 1.50 bits per heavy atom. The monoisotopic (exact) mass is 435 g/mol. The molecular formula is C25H25NO6. The van der Waals surface area contributed by atoms with E-state index in [1.807, 2.05) is 54.6 Å². The van der Waals surface area contributed by atoms with Crippen LogP contribution in [0.4, 0.5) is 4.79 Å². The molecule has 166 valence electrons. The van der Waals surface area contributed by atoms with Crippen molar-refractivity contribution in [3.63, 3.8) is 0 Å². The number of amides is 1. The summed E-state index contributed by atoms with van der Waals surface area (Å²) in [6, 6.07) is 20.5. The van der Waals surface area contributed by atoms with Gasteiger partial charge >= 0.3 is 12.1 Å². The van der Waals surface area contributed by atoms with Crippen LogP contribution in [-0.2, 0) is 14.3 Å². The minimum absolute atomic E-state index is 0.125. The van der Waals surface area contributed by atoms with Gasteiger partial charge in [0.15, 0.2) is 0 Å². The van der Waals surface area contributed by atoms with Crippen LogP contribution in [0.2, 0.25) is 0 Å². The summed E-state index contributed by atoms with van der Waals surface area (Å²) in [7, 11) is 0. The number of esters is 1. The van der Waals surface area contributed by atoms with E-state index in [0.717, 1.165) is 16.5 Å². The SMILES string of the molecule is C=C(C)C(=O)OCCOCCNC(=O)Oc1ccc(Oc2ccccc2)c2ccccc12. The number of fused-ring (bicyclic) bond motifs is 1. The smallest absolute Gasteiger partial charge is 0.412 e. The highest BCUT2D eigenvalue weighted by molar-refractivity contribution is 5.94. The van der Waals surface area contributed by atoms with Gasteiger partial charge in [-0.15, -0.1) is 0 Å². The van der Waals surface area contributed by atoms with Crippen molar-refractivity contribution in [3.8, 4) is 17.2 Å². The first-order valence-electron chi connectivity index (χ1n) is 10.2. The third-order valence-electron chi connectivity index (χ3n) is 4.34. The van der Waals surface area contributed by atoms with Gasteiger partial charge in [-0.3, -0.25) is 0 Å². The van der Waals surface area contributed by atoms with Gasteiger partial charge in [-0.25, -0.2) is 9.59 Å². The van der Waals surface area contributed by atoms with Gasteiger partial charge in [-0.05, 0) is 31.2 Å². The lowest BCUT2D eigenvalue weighted by atomic mass is 10.1. The van der Waals surface area contributed by atoms with E-state index in [0.29, 0.717) is 17.1 Å². The number of nitrogens with one attached hydrogen (secondary N) is 1. The Bertz CT molecular complexity index is 1080. The predicted molar refractivity (Wildman–Crippen MR) is 121 cm³/mol. The molecule has 0 aliphatic rings. The molecule has 0 fully saturated rings. The first-order valence-corrected chi connectivity index (χ1v) is 10.2. The first kappa shape index (κ1) is 22.8. The van der Waals surface area contributed by atoms with Gasteiger partial charge in [0.1, 0.15) is 23.9 Å². The quantitative estimate of drug-likeness (QED) is 0.278. The van der Waals surface area contributed by atoms with Gasteiger partial charge in [0.05, 0.1) is 13.2 Å². The Morgan fingerprint density at radius 1 is 0.844 bits per heavy atom. The molecule has 0 radical (unpaired) electrons. The Kier molecular flexibility index (Phi) is 8.22. The number of hydrogen-bond acceptors (Lipinski definition) is 6. The number of carbonyl (C=O) groups excluding carboxylic acids is 2. The maximum Gasteiger partial charge on any atom is 0.412 e. The normalized spacial score (nSPS) is 10.4. The third-order valence-corrected chi connectivity index (χ3v) is 4.34. The summed E-state index contributed by atoms with van der Waals surface area (Å²) in [6.07, 6.45) is -0.593. The maximum atomic E-state index is 12.2. The fourth-order valence-electron chi connectivity index (χ4n) is 2.82. The summed E-state index contributed by atoms with van der Waals surface area (Å²) in [5, 5.41) is 4.21. The predicted octanol–water partition coefficient (Wildman–Crippen LogP) is 4.86. The van der Waals surface area contributed by atoms with Crippen LogP contribution < -0.4 is 14.8 Å². The third kappa shape index (κ3) is 6.58. The molecule has 0 aliphatic heterocycles. The van der Waals surface area contributed by atoms with E-state index in [2.05, 4.69) is 11.9 Å². The average molecular weight is 435 g/mol. The van der Waals surface area contributed by atoms with Crippen molar-refractivity contribution in [1.29, 1.82) is 0 Å². The topological polar surface area (TPSA) is 83.1 Å². The van der Waals surface area contributed by atoms with Crippen LogP contribution >= 0.6 is 0 Å². The second kappa shape index (κ2) is 11.5.